The maximum absolute atomic E-state index is 5.78. The smallest absolute Gasteiger partial charge is 0.136 e. The van der Waals surface area contributed by atoms with Gasteiger partial charge in [0.25, 0.3) is 0 Å². The molecule has 1 saturated heterocycles. The van der Waals surface area contributed by atoms with Crippen LogP contribution < -0.4 is 5.32 Å². The highest BCUT2D eigenvalue weighted by atomic mass is 16.5. The van der Waals surface area contributed by atoms with Gasteiger partial charge in [-0.2, -0.15) is 0 Å². The largest absolute Gasteiger partial charge is 0.373 e. The van der Waals surface area contributed by atoms with Crippen LogP contribution in [0.25, 0.3) is 5.65 Å². The molecule has 0 saturated carbocycles. The van der Waals surface area contributed by atoms with Crippen molar-refractivity contribution in [3.05, 3.63) is 36.3 Å². The molecule has 2 unspecified atom stereocenters. The molecule has 5 heteroatoms. The molecule has 2 aromatic heterocycles. The predicted octanol–water partition coefficient (Wildman–Crippen LogP) is 2.31. The van der Waals surface area contributed by atoms with Crippen LogP contribution >= 0.6 is 0 Å². The van der Waals surface area contributed by atoms with Gasteiger partial charge < -0.3 is 14.5 Å². The molecular weight excluding hydrogens is 288 g/mol. The first-order chi connectivity index (χ1) is 11.2. The third-order valence-electron chi connectivity index (χ3n) is 4.37. The Bertz CT molecular complexity index is 602. The van der Waals surface area contributed by atoms with Gasteiger partial charge in [-0.25, -0.2) is 4.98 Å². The summed E-state index contributed by atoms with van der Waals surface area (Å²) in [7, 11) is 0. The first-order valence-electron chi connectivity index (χ1n) is 8.72. The topological polar surface area (TPSA) is 41.8 Å². The van der Waals surface area contributed by atoms with E-state index < -0.39 is 0 Å². The minimum Gasteiger partial charge on any atom is -0.373 e. The zero-order valence-electron chi connectivity index (χ0n) is 14.2. The fourth-order valence-corrected chi connectivity index (χ4v) is 3.38. The summed E-state index contributed by atoms with van der Waals surface area (Å²) in [6, 6.07) is 6.10. The van der Waals surface area contributed by atoms with E-state index >= 15 is 0 Å². The highest BCUT2D eigenvalue weighted by molar-refractivity contribution is 5.39. The molecule has 0 bridgehead atoms. The highest BCUT2D eigenvalue weighted by Gasteiger charge is 2.21. The molecule has 2 atom stereocenters. The molecule has 0 amide bonds. The van der Waals surface area contributed by atoms with Crippen molar-refractivity contribution in [1.82, 2.24) is 19.6 Å². The van der Waals surface area contributed by atoms with Gasteiger partial charge in [-0.15, -0.1) is 0 Å². The highest BCUT2D eigenvalue weighted by Crippen LogP contribution is 2.11. The Balaban J connectivity index is 1.33. The third-order valence-corrected chi connectivity index (χ3v) is 4.37. The molecule has 1 N–H and O–H groups in total. The fraction of sp³-hybridized carbons (Fsp3) is 0.611. The lowest BCUT2D eigenvalue weighted by Gasteiger charge is -2.35. The maximum atomic E-state index is 5.78. The maximum Gasteiger partial charge on any atom is 0.136 e. The number of rotatable bonds is 7. The molecule has 1 fully saturated rings. The predicted molar refractivity (Wildman–Crippen MR) is 92.6 cm³/mol. The Morgan fingerprint density at radius 3 is 2.87 bits per heavy atom. The van der Waals surface area contributed by atoms with E-state index in [2.05, 4.69) is 39.6 Å². The minimum atomic E-state index is 0.368. The Morgan fingerprint density at radius 2 is 2.04 bits per heavy atom. The number of nitrogens with one attached hydrogen (secondary N) is 1. The lowest BCUT2D eigenvalue weighted by Crippen LogP contribution is -2.45. The Kier molecular flexibility index (Phi) is 5.65. The Labute approximate surface area is 138 Å². The van der Waals surface area contributed by atoms with E-state index in [0.29, 0.717) is 12.2 Å². The molecule has 1 aliphatic rings. The van der Waals surface area contributed by atoms with Crippen LogP contribution in [0.4, 0.5) is 0 Å². The number of unbranched alkanes of at least 4 members (excludes halogenated alkanes) is 1. The van der Waals surface area contributed by atoms with Gasteiger partial charge in [0.05, 0.1) is 24.1 Å². The number of aromatic nitrogens is 2. The second kappa shape index (κ2) is 7.90. The summed E-state index contributed by atoms with van der Waals surface area (Å²) >= 11 is 0. The van der Waals surface area contributed by atoms with Crippen molar-refractivity contribution >= 4 is 5.65 Å². The average molecular weight is 316 g/mol. The van der Waals surface area contributed by atoms with Crippen LogP contribution in [0.15, 0.2) is 30.6 Å². The standard InChI is InChI=1S/C18H28N4O/c1-15-13-21(14-16(2)23-15)9-6-4-8-19-11-17-12-20-18-7-3-5-10-22(17)18/h3,5,7,10,12,15-16,19H,4,6,8-9,11,13-14H2,1-2H3. The second-order valence-corrected chi connectivity index (χ2v) is 6.58. The molecule has 0 aliphatic carbocycles. The first kappa shape index (κ1) is 16.4. The molecule has 126 valence electrons. The van der Waals surface area contributed by atoms with Crippen molar-refractivity contribution < 1.29 is 4.74 Å². The van der Waals surface area contributed by atoms with Gasteiger partial charge >= 0.3 is 0 Å². The van der Waals surface area contributed by atoms with Crippen LogP contribution in [0.2, 0.25) is 0 Å². The van der Waals surface area contributed by atoms with E-state index in [4.69, 9.17) is 4.74 Å². The third kappa shape index (κ3) is 4.53. The summed E-state index contributed by atoms with van der Waals surface area (Å²) in [5.74, 6) is 0. The van der Waals surface area contributed by atoms with Crippen LogP contribution in [0, 0.1) is 0 Å². The van der Waals surface area contributed by atoms with E-state index in [9.17, 15) is 0 Å². The van der Waals surface area contributed by atoms with Crippen LogP contribution in [-0.4, -0.2) is 52.7 Å². The van der Waals surface area contributed by atoms with E-state index in [-0.39, 0.29) is 0 Å². The lowest BCUT2D eigenvalue weighted by atomic mass is 10.2. The van der Waals surface area contributed by atoms with Gasteiger partial charge in [0.1, 0.15) is 5.65 Å². The number of nitrogens with zero attached hydrogens (tertiary/aromatic N) is 3. The molecule has 5 nitrogen and oxygen atoms in total. The molecule has 1 aliphatic heterocycles. The summed E-state index contributed by atoms with van der Waals surface area (Å²) in [4.78, 5) is 6.94. The normalized spacial score (nSPS) is 22.7. The van der Waals surface area contributed by atoms with E-state index in [1.54, 1.807) is 0 Å². The van der Waals surface area contributed by atoms with Crippen LogP contribution in [0.3, 0.4) is 0 Å². The van der Waals surface area contributed by atoms with Crippen LogP contribution in [0.5, 0.6) is 0 Å². The van der Waals surface area contributed by atoms with E-state index in [1.807, 2.05) is 24.4 Å². The number of hydrogen-bond donors (Lipinski definition) is 1. The lowest BCUT2D eigenvalue weighted by molar-refractivity contribution is -0.0681. The van der Waals surface area contributed by atoms with Crippen LogP contribution in [0.1, 0.15) is 32.4 Å². The van der Waals surface area contributed by atoms with Gasteiger partial charge in [0.15, 0.2) is 0 Å². The van der Waals surface area contributed by atoms with Crippen molar-refractivity contribution in [2.24, 2.45) is 0 Å². The second-order valence-electron chi connectivity index (χ2n) is 6.58. The number of pyridine rings is 1. The summed E-state index contributed by atoms with van der Waals surface area (Å²) in [6.07, 6.45) is 7.20. The fourth-order valence-electron chi connectivity index (χ4n) is 3.38. The zero-order chi connectivity index (χ0) is 16.1. The molecule has 0 aromatic carbocycles. The molecule has 0 spiro atoms. The quantitative estimate of drug-likeness (QED) is 0.796. The zero-order valence-corrected chi connectivity index (χ0v) is 14.2. The van der Waals surface area contributed by atoms with Crippen molar-refractivity contribution in [2.75, 3.05) is 26.2 Å². The first-order valence-corrected chi connectivity index (χ1v) is 8.72. The van der Waals surface area contributed by atoms with Gasteiger partial charge in [-0.1, -0.05) is 6.07 Å². The SMILES string of the molecule is CC1CN(CCCCNCc2cnc3ccccn23)CC(C)O1. The number of imidazole rings is 1. The van der Waals surface area contributed by atoms with Gasteiger partial charge in [-0.05, 0) is 51.9 Å². The summed E-state index contributed by atoms with van der Waals surface area (Å²) in [5, 5.41) is 3.53. The van der Waals surface area contributed by atoms with Gasteiger partial charge in [0, 0.05) is 25.8 Å². The number of fused-ring (bicyclic) bond motifs is 1. The van der Waals surface area contributed by atoms with Crippen molar-refractivity contribution in [2.45, 2.75) is 45.4 Å². The van der Waals surface area contributed by atoms with Gasteiger partial charge in [0.2, 0.25) is 0 Å². The number of hydrogen-bond acceptors (Lipinski definition) is 4. The van der Waals surface area contributed by atoms with Crippen molar-refractivity contribution in [1.29, 1.82) is 0 Å². The summed E-state index contributed by atoms with van der Waals surface area (Å²) in [6.45, 7) is 9.57. The summed E-state index contributed by atoms with van der Waals surface area (Å²) in [5.41, 5.74) is 2.23. The van der Waals surface area contributed by atoms with Gasteiger partial charge in [-0.3, -0.25) is 4.90 Å². The number of morpholine rings is 1. The monoisotopic (exact) mass is 316 g/mol. The molecular formula is C18H28N4O. The summed E-state index contributed by atoms with van der Waals surface area (Å²) < 4.78 is 7.92. The molecule has 3 rings (SSSR count). The minimum absolute atomic E-state index is 0.368. The molecule has 0 radical (unpaired) electrons. The molecule has 23 heavy (non-hydrogen) atoms. The molecule has 2 aromatic rings. The van der Waals surface area contributed by atoms with E-state index in [1.165, 1.54) is 25.1 Å². The molecule has 3 heterocycles. The average Bonchev–Trinajstić information content (AvgIpc) is 2.93. The van der Waals surface area contributed by atoms with Crippen molar-refractivity contribution in [3.63, 3.8) is 0 Å². The van der Waals surface area contributed by atoms with E-state index in [0.717, 1.165) is 31.8 Å². The number of ether oxygens (including phenoxy) is 1. The Hall–Kier alpha value is -1.43. The Morgan fingerprint density at radius 1 is 1.22 bits per heavy atom. The van der Waals surface area contributed by atoms with Crippen molar-refractivity contribution in [3.8, 4) is 0 Å². The van der Waals surface area contributed by atoms with Crippen LogP contribution in [-0.2, 0) is 11.3 Å².